The molecule has 0 saturated carbocycles. The second-order valence-electron chi connectivity index (χ2n) is 2.75. The largest absolute Gasteiger partial charge is 0.367 e. The Morgan fingerprint density at radius 3 is 3.00 bits per heavy atom. The lowest BCUT2D eigenvalue weighted by molar-refractivity contribution is 0.436. The number of hydrogen-bond acceptors (Lipinski definition) is 4. The highest BCUT2D eigenvalue weighted by Crippen LogP contribution is 2.44. The summed E-state index contributed by atoms with van der Waals surface area (Å²) in [5, 5.41) is 4.43. The van der Waals surface area contributed by atoms with Crippen molar-refractivity contribution in [3.05, 3.63) is 10.7 Å². The van der Waals surface area contributed by atoms with Gasteiger partial charge in [0.05, 0.1) is 5.56 Å². The minimum absolute atomic E-state index is 0.374. The van der Waals surface area contributed by atoms with Crippen LogP contribution in [0.15, 0.2) is 4.52 Å². The molecule has 0 aliphatic carbocycles. The van der Waals surface area contributed by atoms with Crippen molar-refractivity contribution < 1.29 is 4.52 Å². The Hall–Kier alpha value is -0.350. The van der Waals surface area contributed by atoms with E-state index in [-0.39, 0.29) is 0 Å². The zero-order chi connectivity index (χ0) is 8.55. The highest BCUT2D eigenvalue weighted by Gasteiger charge is 2.25. The number of nitrogens with zero attached hydrogens (tertiary/aromatic N) is 1. The first kappa shape index (κ1) is 8.26. The van der Waals surface area contributed by atoms with E-state index in [2.05, 4.69) is 5.16 Å². The van der Waals surface area contributed by atoms with Gasteiger partial charge in [0, 0.05) is 5.25 Å². The van der Waals surface area contributed by atoms with Gasteiger partial charge in [-0.1, -0.05) is 16.8 Å². The molecule has 12 heavy (non-hydrogen) atoms. The van der Waals surface area contributed by atoms with Crippen LogP contribution < -0.4 is 5.73 Å². The fourth-order valence-corrected chi connectivity index (χ4v) is 3.06. The molecule has 0 spiro atoms. The van der Waals surface area contributed by atoms with E-state index in [1.807, 2.05) is 11.8 Å². The van der Waals surface area contributed by atoms with Crippen molar-refractivity contribution in [1.82, 2.24) is 5.16 Å². The maximum absolute atomic E-state index is 5.83. The third-order valence-electron chi connectivity index (χ3n) is 1.96. The summed E-state index contributed by atoms with van der Waals surface area (Å²) in [4.78, 5) is 0. The van der Waals surface area contributed by atoms with Gasteiger partial charge in [0.2, 0.25) is 5.88 Å². The van der Waals surface area contributed by atoms with Gasteiger partial charge in [0.15, 0.2) is 5.15 Å². The van der Waals surface area contributed by atoms with E-state index in [0.717, 1.165) is 12.0 Å². The van der Waals surface area contributed by atoms with Crippen molar-refractivity contribution in [2.75, 3.05) is 11.5 Å². The van der Waals surface area contributed by atoms with E-state index < -0.39 is 0 Å². The standard InChI is InChI=1S/C7H9ClN2OS/c8-6-5(7(9)11-10-6)4-2-1-3-12-4/h4H,1-3,9H2. The van der Waals surface area contributed by atoms with Crippen LogP contribution in [0.5, 0.6) is 0 Å². The van der Waals surface area contributed by atoms with Gasteiger partial charge in [0.1, 0.15) is 0 Å². The quantitative estimate of drug-likeness (QED) is 0.764. The van der Waals surface area contributed by atoms with E-state index in [0.29, 0.717) is 16.3 Å². The lowest BCUT2D eigenvalue weighted by atomic mass is 10.1. The normalized spacial score (nSPS) is 23.2. The molecule has 1 unspecified atom stereocenters. The summed E-state index contributed by atoms with van der Waals surface area (Å²) in [7, 11) is 0. The fourth-order valence-electron chi connectivity index (χ4n) is 1.39. The molecule has 1 aliphatic rings. The monoisotopic (exact) mass is 204 g/mol. The highest BCUT2D eigenvalue weighted by molar-refractivity contribution is 7.99. The second kappa shape index (κ2) is 3.18. The molecule has 1 fully saturated rings. The molecular weight excluding hydrogens is 196 g/mol. The van der Waals surface area contributed by atoms with Crippen LogP contribution in [0.4, 0.5) is 5.88 Å². The molecule has 5 heteroatoms. The van der Waals surface area contributed by atoms with Crippen molar-refractivity contribution >= 4 is 29.2 Å². The third kappa shape index (κ3) is 1.29. The number of thioether (sulfide) groups is 1. The van der Waals surface area contributed by atoms with Gasteiger partial charge in [-0.2, -0.15) is 11.8 Å². The topological polar surface area (TPSA) is 52.0 Å². The van der Waals surface area contributed by atoms with Gasteiger partial charge in [-0.3, -0.25) is 0 Å². The van der Waals surface area contributed by atoms with Crippen molar-refractivity contribution in [1.29, 1.82) is 0 Å². The summed E-state index contributed by atoms with van der Waals surface area (Å²) in [5.74, 6) is 1.55. The maximum atomic E-state index is 5.83. The lowest BCUT2D eigenvalue weighted by Crippen LogP contribution is -1.93. The summed E-state index contributed by atoms with van der Waals surface area (Å²) >= 11 is 7.69. The molecule has 0 radical (unpaired) electrons. The number of anilines is 1. The van der Waals surface area contributed by atoms with Crippen molar-refractivity contribution in [3.8, 4) is 0 Å². The van der Waals surface area contributed by atoms with Crippen molar-refractivity contribution in [2.45, 2.75) is 18.1 Å². The first-order valence-corrected chi connectivity index (χ1v) is 5.24. The van der Waals surface area contributed by atoms with Gasteiger partial charge in [0.25, 0.3) is 0 Å². The SMILES string of the molecule is Nc1onc(Cl)c1C1CCCS1. The Morgan fingerprint density at radius 2 is 2.50 bits per heavy atom. The summed E-state index contributed by atoms with van der Waals surface area (Å²) in [5.41, 5.74) is 6.48. The zero-order valence-electron chi connectivity index (χ0n) is 6.42. The predicted octanol–water partition coefficient (Wildman–Crippen LogP) is 2.48. The van der Waals surface area contributed by atoms with E-state index in [1.165, 1.54) is 12.2 Å². The molecule has 66 valence electrons. The highest BCUT2D eigenvalue weighted by atomic mass is 35.5. The molecular formula is C7H9ClN2OS. The fraction of sp³-hybridized carbons (Fsp3) is 0.571. The van der Waals surface area contributed by atoms with E-state index in [4.69, 9.17) is 21.9 Å². The van der Waals surface area contributed by atoms with Crippen LogP contribution in [-0.2, 0) is 0 Å². The van der Waals surface area contributed by atoms with E-state index >= 15 is 0 Å². The van der Waals surface area contributed by atoms with E-state index in [1.54, 1.807) is 0 Å². The molecule has 0 bridgehead atoms. The molecule has 1 aliphatic heterocycles. The Labute approximate surface area is 79.6 Å². The van der Waals surface area contributed by atoms with E-state index in [9.17, 15) is 0 Å². The zero-order valence-corrected chi connectivity index (χ0v) is 7.99. The number of halogens is 1. The van der Waals surface area contributed by atoms with Gasteiger partial charge in [-0.15, -0.1) is 0 Å². The minimum Gasteiger partial charge on any atom is -0.367 e. The minimum atomic E-state index is 0.374. The number of aromatic nitrogens is 1. The van der Waals surface area contributed by atoms with Crippen LogP contribution in [-0.4, -0.2) is 10.9 Å². The Kier molecular flexibility index (Phi) is 2.19. The Balaban J connectivity index is 2.30. The molecule has 1 aromatic rings. The first-order valence-electron chi connectivity index (χ1n) is 3.81. The molecule has 1 saturated heterocycles. The second-order valence-corrected chi connectivity index (χ2v) is 4.42. The summed E-state index contributed by atoms with van der Waals surface area (Å²) in [6.07, 6.45) is 2.34. The van der Waals surface area contributed by atoms with Crippen molar-refractivity contribution in [3.63, 3.8) is 0 Å². The lowest BCUT2D eigenvalue weighted by Gasteiger charge is -2.04. The number of rotatable bonds is 1. The molecule has 0 amide bonds. The predicted molar refractivity (Wildman–Crippen MR) is 50.4 cm³/mol. The number of hydrogen-bond donors (Lipinski definition) is 1. The van der Waals surface area contributed by atoms with Crippen LogP contribution in [0.2, 0.25) is 5.15 Å². The third-order valence-corrected chi connectivity index (χ3v) is 3.63. The van der Waals surface area contributed by atoms with Gasteiger partial charge in [-0.05, 0) is 18.6 Å². The molecule has 1 aromatic heterocycles. The van der Waals surface area contributed by atoms with Crippen LogP contribution in [0.3, 0.4) is 0 Å². The molecule has 2 rings (SSSR count). The average Bonchev–Trinajstić information content (AvgIpc) is 2.61. The summed E-state index contributed by atoms with van der Waals surface area (Å²) in [6.45, 7) is 0. The molecule has 3 nitrogen and oxygen atoms in total. The smallest absolute Gasteiger partial charge is 0.228 e. The maximum Gasteiger partial charge on any atom is 0.228 e. The first-order chi connectivity index (χ1) is 5.79. The average molecular weight is 205 g/mol. The van der Waals surface area contributed by atoms with Crippen LogP contribution in [0.1, 0.15) is 23.7 Å². The van der Waals surface area contributed by atoms with Gasteiger partial charge in [-0.25, -0.2) is 0 Å². The molecule has 0 aromatic carbocycles. The summed E-state index contributed by atoms with van der Waals surface area (Å²) < 4.78 is 4.79. The number of nitrogens with two attached hydrogens (primary N) is 1. The van der Waals surface area contributed by atoms with Gasteiger partial charge >= 0.3 is 0 Å². The summed E-state index contributed by atoms with van der Waals surface area (Å²) in [6, 6.07) is 0. The Morgan fingerprint density at radius 1 is 1.67 bits per heavy atom. The molecule has 1 atom stereocenters. The van der Waals surface area contributed by atoms with Gasteiger partial charge < -0.3 is 10.3 Å². The molecule has 2 N–H and O–H groups in total. The van der Waals surface area contributed by atoms with Crippen LogP contribution in [0, 0.1) is 0 Å². The van der Waals surface area contributed by atoms with Crippen LogP contribution >= 0.6 is 23.4 Å². The van der Waals surface area contributed by atoms with Crippen LogP contribution in [0.25, 0.3) is 0 Å². The van der Waals surface area contributed by atoms with Crippen molar-refractivity contribution in [2.24, 2.45) is 0 Å². The Bertz CT molecular complexity index is 263. The number of nitrogen functional groups attached to an aromatic ring is 1. The molecule has 2 heterocycles.